The molecule has 0 amide bonds. The van der Waals surface area contributed by atoms with Crippen molar-refractivity contribution in [2.45, 2.75) is 25.5 Å². The van der Waals surface area contributed by atoms with Gasteiger partial charge in [0.2, 0.25) is 6.79 Å². The lowest BCUT2D eigenvalue weighted by Crippen LogP contribution is -2.15. The Morgan fingerprint density at radius 2 is 2.32 bits per heavy atom. The van der Waals surface area contributed by atoms with Gasteiger partial charge in [0, 0.05) is 25.1 Å². The summed E-state index contributed by atoms with van der Waals surface area (Å²) in [5.41, 5.74) is 7.76. The van der Waals surface area contributed by atoms with Crippen LogP contribution in [0, 0.1) is 0 Å². The minimum atomic E-state index is -0.867. The van der Waals surface area contributed by atoms with Crippen molar-refractivity contribution in [1.29, 1.82) is 0 Å². The van der Waals surface area contributed by atoms with Crippen molar-refractivity contribution in [2.24, 2.45) is 5.73 Å². The maximum atomic E-state index is 10.6. The Kier molecular flexibility index (Phi) is 4.24. The molecule has 19 heavy (non-hydrogen) atoms. The predicted octanol–water partition coefficient (Wildman–Crippen LogP) is 1.43. The second-order valence-electron chi connectivity index (χ2n) is 4.34. The summed E-state index contributed by atoms with van der Waals surface area (Å²) in [6.07, 6.45) is 0.351. The molecule has 1 aromatic carbocycles. The number of aliphatic carboxylic acids is 1. The Morgan fingerprint density at radius 1 is 1.53 bits per heavy atom. The summed E-state index contributed by atoms with van der Waals surface area (Å²) in [6.45, 7) is 0.553. The molecule has 0 saturated carbocycles. The molecule has 104 valence electrons. The van der Waals surface area contributed by atoms with Gasteiger partial charge in [0.1, 0.15) is 0 Å². The molecule has 0 radical (unpaired) electrons. The summed E-state index contributed by atoms with van der Waals surface area (Å²) in [6, 6.07) is 3.26. The number of carbonyl (C=O) groups is 1. The van der Waals surface area contributed by atoms with Crippen molar-refractivity contribution in [3.05, 3.63) is 23.3 Å². The maximum absolute atomic E-state index is 10.6. The van der Waals surface area contributed by atoms with Gasteiger partial charge in [0.05, 0.1) is 6.61 Å². The van der Waals surface area contributed by atoms with Crippen LogP contribution in [0.5, 0.6) is 11.5 Å². The third kappa shape index (κ3) is 2.97. The zero-order valence-electron chi connectivity index (χ0n) is 10.7. The van der Waals surface area contributed by atoms with Gasteiger partial charge in [-0.05, 0) is 18.1 Å². The fourth-order valence-corrected chi connectivity index (χ4v) is 2.15. The van der Waals surface area contributed by atoms with Gasteiger partial charge in [-0.2, -0.15) is 0 Å². The van der Waals surface area contributed by atoms with E-state index in [2.05, 4.69) is 0 Å². The molecule has 0 aromatic heterocycles. The zero-order chi connectivity index (χ0) is 13.8. The molecule has 1 heterocycles. The molecule has 0 bridgehead atoms. The van der Waals surface area contributed by atoms with Crippen LogP contribution in [-0.4, -0.2) is 25.0 Å². The minimum absolute atomic E-state index is 0.0120. The highest BCUT2D eigenvalue weighted by molar-refractivity contribution is 5.66. The Hall–Kier alpha value is -1.79. The van der Waals surface area contributed by atoms with E-state index in [1.54, 1.807) is 7.11 Å². The molecule has 0 fully saturated rings. The second-order valence-corrected chi connectivity index (χ2v) is 4.34. The van der Waals surface area contributed by atoms with Crippen LogP contribution in [-0.2, 0) is 16.1 Å². The fraction of sp³-hybridized carbons (Fsp3) is 0.462. The number of carboxylic acid groups (broad SMARTS) is 1. The molecular weight excluding hydrogens is 250 g/mol. The van der Waals surface area contributed by atoms with Crippen LogP contribution < -0.4 is 15.2 Å². The summed E-state index contributed by atoms with van der Waals surface area (Å²) in [7, 11) is 1.59. The largest absolute Gasteiger partial charge is 0.481 e. The quantitative estimate of drug-likeness (QED) is 0.810. The van der Waals surface area contributed by atoms with Crippen molar-refractivity contribution in [3.8, 4) is 11.5 Å². The first kappa shape index (κ1) is 13.6. The molecule has 0 spiro atoms. The van der Waals surface area contributed by atoms with Crippen LogP contribution in [0.2, 0.25) is 0 Å². The second kappa shape index (κ2) is 5.90. The van der Waals surface area contributed by atoms with Crippen molar-refractivity contribution in [1.82, 2.24) is 0 Å². The Labute approximate surface area is 111 Å². The van der Waals surface area contributed by atoms with Crippen LogP contribution in [0.3, 0.4) is 0 Å². The molecule has 3 N–H and O–H groups in total. The number of hydrogen-bond acceptors (Lipinski definition) is 5. The van der Waals surface area contributed by atoms with E-state index in [0.29, 0.717) is 24.5 Å². The van der Waals surface area contributed by atoms with Crippen LogP contribution >= 0.6 is 0 Å². The SMILES string of the molecule is COCc1ccc2c(c1C(N)CCC(=O)O)OCO2. The first-order chi connectivity index (χ1) is 9.13. The number of hydrogen-bond donors (Lipinski definition) is 2. The maximum Gasteiger partial charge on any atom is 0.303 e. The molecule has 1 atom stereocenters. The van der Waals surface area contributed by atoms with Gasteiger partial charge in [0.25, 0.3) is 0 Å². The number of nitrogens with two attached hydrogens (primary N) is 1. The molecule has 0 aliphatic carbocycles. The number of carboxylic acids is 1. The monoisotopic (exact) mass is 267 g/mol. The van der Waals surface area contributed by atoms with Gasteiger partial charge in [0.15, 0.2) is 11.5 Å². The van der Waals surface area contributed by atoms with Gasteiger partial charge in [-0.3, -0.25) is 4.79 Å². The van der Waals surface area contributed by atoms with E-state index in [0.717, 1.165) is 11.1 Å². The third-order valence-corrected chi connectivity index (χ3v) is 3.01. The number of ether oxygens (including phenoxy) is 3. The lowest BCUT2D eigenvalue weighted by atomic mass is 9.96. The third-order valence-electron chi connectivity index (χ3n) is 3.01. The van der Waals surface area contributed by atoms with Crippen molar-refractivity contribution in [2.75, 3.05) is 13.9 Å². The molecule has 1 aliphatic heterocycles. The molecule has 6 nitrogen and oxygen atoms in total. The highest BCUT2D eigenvalue weighted by Crippen LogP contribution is 2.41. The number of rotatable bonds is 6. The van der Waals surface area contributed by atoms with Crippen molar-refractivity contribution in [3.63, 3.8) is 0 Å². The summed E-state index contributed by atoms with van der Waals surface area (Å²) in [5.74, 6) is 0.376. The summed E-state index contributed by atoms with van der Waals surface area (Å²) in [4.78, 5) is 10.6. The molecule has 1 unspecified atom stereocenters. The molecule has 1 aromatic rings. The standard InChI is InChI=1S/C13H17NO5/c1-17-6-8-2-4-10-13(19-7-18-10)12(8)9(14)3-5-11(15)16/h2,4,9H,3,5-7,14H2,1H3,(H,15,16). The van der Waals surface area contributed by atoms with Gasteiger partial charge in [-0.1, -0.05) is 6.07 Å². The molecule has 1 aliphatic rings. The zero-order valence-corrected chi connectivity index (χ0v) is 10.7. The van der Waals surface area contributed by atoms with Gasteiger partial charge in [-0.25, -0.2) is 0 Å². The van der Waals surface area contributed by atoms with Crippen molar-refractivity contribution >= 4 is 5.97 Å². The average Bonchev–Trinajstić information content (AvgIpc) is 2.84. The number of methoxy groups -OCH3 is 1. The molecule has 0 saturated heterocycles. The van der Waals surface area contributed by atoms with E-state index < -0.39 is 12.0 Å². The smallest absolute Gasteiger partial charge is 0.303 e. The first-order valence-corrected chi connectivity index (χ1v) is 6.01. The highest BCUT2D eigenvalue weighted by atomic mass is 16.7. The van der Waals surface area contributed by atoms with Crippen LogP contribution in [0.25, 0.3) is 0 Å². The lowest BCUT2D eigenvalue weighted by molar-refractivity contribution is -0.137. The van der Waals surface area contributed by atoms with Crippen LogP contribution in [0.4, 0.5) is 0 Å². The topological polar surface area (TPSA) is 91.0 Å². The Morgan fingerprint density at radius 3 is 3.00 bits per heavy atom. The predicted molar refractivity (Wildman–Crippen MR) is 67.1 cm³/mol. The van der Waals surface area contributed by atoms with E-state index >= 15 is 0 Å². The lowest BCUT2D eigenvalue weighted by Gasteiger charge is -2.17. The van der Waals surface area contributed by atoms with E-state index in [9.17, 15) is 4.79 Å². The van der Waals surface area contributed by atoms with E-state index in [-0.39, 0.29) is 13.2 Å². The number of fused-ring (bicyclic) bond motifs is 1. The van der Waals surface area contributed by atoms with Gasteiger partial charge in [-0.15, -0.1) is 0 Å². The average molecular weight is 267 g/mol. The van der Waals surface area contributed by atoms with Crippen molar-refractivity contribution < 1.29 is 24.1 Å². The highest BCUT2D eigenvalue weighted by Gasteiger charge is 2.25. The first-order valence-electron chi connectivity index (χ1n) is 6.01. The number of benzene rings is 1. The van der Waals surface area contributed by atoms with E-state index in [1.807, 2.05) is 12.1 Å². The summed E-state index contributed by atoms with van der Waals surface area (Å²) >= 11 is 0. The molecule has 2 rings (SSSR count). The Bertz CT molecular complexity index is 474. The van der Waals surface area contributed by atoms with Crippen LogP contribution in [0.1, 0.15) is 30.0 Å². The summed E-state index contributed by atoms with van der Waals surface area (Å²) < 4.78 is 15.9. The fourth-order valence-electron chi connectivity index (χ4n) is 2.15. The van der Waals surface area contributed by atoms with Gasteiger partial charge >= 0.3 is 5.97 Å². The normalized spacial score (nSPS) is 14.4. The van der Waals surface area contributed by atoms with E-state index in [4.69, 9.17) is 25.1 Å². The molecular formula is C13H17NO5. The minimum Gasteiger partial charge on any atom is -0.481 e. The van der Waals surface area contributed by atoms with E-state index in [1.165, 1.54) is 0 Å². The molecule has 6 heteroatoms. The van der Waals surface area contributed by atoms with Crippen LogP contribution in [0.15, 0.2) is 12.1 Å². The summed E-state index contributed by atoms with van der Waals surface area (Å²) in [5, 5.41) is 8.74. The Balaban J connectivity index is 2.29. The van der Waals surface area contributed by atoms with Gasteiger partial charge < -0.3 is 25.1 Å².